The van der Waals surface area contributed by atoms with Crippen LogP contribution in [0.4, 0.5) is 0 Å². The Balaban J connectivity index is 1.52. The highest BCUT2D eigenvalue weighted by molar-refractivity contribution is 5.22. The number of rotatable bonds is 2. The van der Waals surface area contributed by atoms with Crippen LogP contribution < -0.4 is 5.32 Å². The minimum absolute atomic E-state index is 0.211. The van der Waals surface area contributed by atoms with E-state index in [0.717, 1.165) is 50.6 Å². The van der Waals surface area contributed by atoms with Crippen LogP contribution >= 0.6 is 0 Å². The summed E-state index contributed by atoms with van der Waals surface area (Å²) in [4.78, 5) is 6.95. The van der Waals surface area contributed by atoms with E-state index in [2.05, 4.69) is 37.6 Å². The van der Waals surface area contributed by atoms with Crippen molar-refractivity contribution in [2.75, 3.05) is 26.7 Å². The molecule has 2 N–H and O–H groups in total. The lowest BCUT2D eigenvalue weighted by atomic mass is 9.88. The van der Waals surface area contributed by atoms with Crippen LogP contribution in [-0.4, -0.2) is 51.9 Å². The zero-order valence-corrected chi connectivity index (χ0v) is 12.2. The molecule has 1 aliphatic carbocycles. The van der Waals surface area contributed by atoms with Crippen LogP contribution in [0, 0.1) is 0 Å². The maximum absolute atomic E-state index is 5.55. The van der Waals surface area contributed by atoms with E-state index in [4.69, 9.17) is 4.52 Å². The van der Waals surface area contributed by atoms with Crippen LogP contribution in [0.3, 0.4) is 0 Å². The van der Waals surface area contributed by atoms with Crippen molar-refractivity contribution in [3.8, 4) is 0 Å². The summed E-state index contributed by atoms with van der Waals surface area (Å²) < 4.78 is 5.55. The summed E-state index contributed by atoms with van der Waals surface area (Å²) in [6.07, 6.45) is 4.91. The summed E-state index contributed by atoms with van der Waals surface area (Å²) >= 11 is 0. The first kappa shape index (κ1) is 13.0. The van der Waals surface area contributed by atoms with Crippen LogP contribution in [0.25, 0.3) is 0 Å². The predicted molar refractivity (Wildman–Crippen MR) is 75.9 cm³/mol. The van der Waals surface area contributed by atoms with E-state index in [1.54, 1.807) is 0 Å². The molecule has 112 valence electrons. The number of aromatic nitrogens is 4. The van der Waals surface area contributed by atoms with Crippen LogP contribution in [0.5, 0.6) is 0 Å². The number of aryl methyl sites for hydroxylation is 1. The Bertz CT molecular complexity index is 621. The Hall–Kier alpha value is -1.73. The highest BCUT2D eigenvalue weighted by Crippen LogP contribution is 2.31. The molecule has 1 saturated heterocycles. The number of fused-ring (bicyclic) bond motifs is 1. The van der Waals surface area contributed by atoms with Crippen molar-refractivity contribution in [2.45, 2.75) is 31.2 Å². The molecule has 2 aromatic rings. The second-order valence-corrected chi connectivity index (χ2v) is 6.00. The molecule has 0 aromatic carbocycles. The first-order chi connectivity index (χ1) is 10.3. The normalized spacial score (nSPS) is 26.7. The summed E-state index contributed by atoms with van der Waals surface area (Å²) in [6, 6.07) is 0.211. The van der Waals surface area contributed by atoms with Gasteiger partial charge in [-0.05, 0) is 25.5 Å². The Morgan fingerprint density at radius 3 is 3.29 bits per heavy atom. The summed E-state index contributed by atoms with van der Waals surface area (Å²) in [6.45, 7) is 2.91. The molecule has 2 atom stereocenters. The third-order valence-corrected chi connectivity index (χ3v) is 4.64. The second kappa shape index (κ2) is 5.23. The molecule has 0 saturated carbocycles. The van der Waals surface area contributed by atoms with Gasteiger partial charge < -0.3 is 9.84 Å². The van der Waals surface area contributed by atoms with Crippen LogP contribution in [-0.2, 0) is 12.8 Å². The molecule has 3 heterocycles. The Kier molecular flexibility index (Phi) is 3.23. The van der Waals surface area contributed by atoms with Crippen molar-refractivity contribution in [1.29, 1.82) is 0 Å². The summed E-state index contributed by atoms with van der Waals surface area (Å²) in [7, 11) is 2.11. The van der Waals surface area contributed by atoms with Gasteiger partial charge in [0.2, 0.25) is 5.89 Å². The maximum atomic E-state index is 5.55. The number of hydrogen-bond acceptors (Lipinski definition) is 6. The number of hydrogen-bond donors (Lipinski definition) is 2. The van der Waals surface area contributed by atoms with E-state index in [9.17, 15) is 0 Å². The smallest absolute Gasteiger partial charge is 0.230 e. The third-order valence-electron chi connectivity index (χ3n) is 4.64. The van der Waals surface area contributed by atoms with E-state index in [1.165, 1.54) is 11.3 Å². The van der Waals surface area contributed by atoms with Gasteiger partial charge in [-0.3, -0.25) is 10.00 Å². The molecule has 7 nitrogen and oxygen atoms in total. The van der Waals surface area contributed by atoms with Crippen molar-refractivity contribution in [3.63, 3.8) is 0 Å². The zero-order chi connectivity index (χ0) is 14.2. The first-order valence-electron chi connectivity index (χ1n) is 7.57. The summed E-state index contributed by atoms with van der Waals surface area (Å²) in [5.74, 6) is 1.88. The minimum atomic E-state index is 0.211. The molecule has 0 bridgehead atoms. The predicted octanol–water partition coefficient (Wildman–Crippen LogP) is 0.641. The fourth-order valence-corrected chi connectivity index (χ4v) is 3.26. The molecule has 7 heteroatoms. The molecule has 0 amide bonds. The molecule has 1 aliphatic heterocycles. The molecule has 1 fully saturated rings. The number of aromatic amines is 1. The Morgan fingerprint density at radius 2 is 2.38 bits per heavy atom. The number of H-pyrrole nitrogens is 1. The number of likely N-dealkylation sites (N-methyl/N-ethyl adjacent to an activating group) is 1. The number of nitrogens with zero attached hydrogens (tertiary/aromatic N) is 4. The van der Waals surface area contributed by atoms with Crippen molar-refractivity contribution >= 4 is 0 Å². The SMILES string of the molecule is CN1CCNCC1c1noc(C2CCc3cn[nH]c3C2)n1. The van der Waals surface area contributed by atoms with E-state index in [1.807, 2.05) is 6.20 Å². The standard InChI is InChI=1S/C14H20N6O/c1-20-5-4-15-8-12(20)13-17-14(21-19-13)9-2-3-10-7-16-18-11(10)6-9/h7,9,12,15H,2-6,8H2,1H3,(H,16,18). The van der Waals surface area contributed by atoms with Crippen LogP contribution in [0.15, 0.2) is 10.7 Å². The maximum Gasteiger partial charge on any atom is 0.230 e. The van der Waals surface area contributed by atoms with Gasteiger partial charge in [0, 0.05) is 37.7 Å². The fraction of sp³-hybridized carbons (Fsp3) is 0.643. The van der Waals surface area contributed by atoms with Gasteiger partial charge in [-0.1, -0.05) is 5.16 Å². The molecule has 2 aliphatic rings. The van der Waals surface area contributed by atoms with Gasteiger partial charge in [0.05, 0.1) is 12.2 Å². The molecule has 4 rings (SSSR count). The summed E-state index contributed by atoms with van der Waals surface area (Å²) in [5, 5.41) is 14.8. The average molecular weight is 288 g/mol. The topological polar surface area (TPSA) is 82.9 Å². The molecule has 0 spiro atoms. The lowest BCUT2D eigenvalue weighted by molar-refractivity contribution is 0.190. The number of piperazine rings is 1. The molecule has 2 unspecified atom stereocenters. The first-order valence-corrected chi connectivity index (χ1v) is 7.57. The molecular formula is C14H20N6O. The van der Waals surface area contributed by atoms with Gasteiger partial charge in [-0.15, -0.1) is 0 Å². The quantitative estimate of drug-likeness (QED) is 0.844. The van der Waals surface area contributed by atoms with Gasteiger partial charge in [-0.25, -0.2) is 0 Å². The molecule has 21 heavy (non-hydrogen) atoms. The van der Waals surface area contributed by atoms with Gasteiger partial charge in [-0.2, -0.15) is 10.1 Å². The highest BCUT2D eigenvalue weighted by atomic mass is 16.5. The number of nitrogens with one attached hydrogen (secondary N) is 2. The monoisotopic (exact) mass is 288 g/mol. The van der Waals surface area contributed by atoms with Crippen LogP contribution in [0.2, 0.25) is 0 Å². The second-order valence-electron chi connectivity index (χ2n) is 6.00. The van der Waals surface area contributed by atoms with Crippen molar-refractivity contribution in [3.05, 3.63) is 29.2 Å². The van der Waals surface area contributed by atoms with E-state index < -0.39 is 0 Å². The highest BCUT2D eigenvalue weighted by Gasteiger charge is 2.29. The Morgan fingerprint density at radius 1 is 1.43 bits per heavy atom. The third kappa shape index (κ3) is 2.36. The van der Waals surface area contributed by atoms with Gasteiger partial charge in [0.25, 0.3) is 0 Å². The van der Waals surface area contributed by atoms with Crippen molar-refractivity contribution in [1.82, 2.24) is 30.6 Å². The average Bonchev–Trinajstić information content (AvgIpc) is 3.16. The molecule has 2 aromatic heterocycles. The molecule has 0 radical (unpaired) electrons. The Labute approximate surface area is 123 Å². The van der Waals surface area contributed by atoms with E-state index >= 15 is 0 Å². The van der Waals surface area contributed by atoms with Crippen molar-refractivity contribution in [2.24, 2.45) is 0 Å². The lowest BCUT2D eigenvalue weighted by Gasteiger charge is -2.30. The minimum Gasteiger partial charge on any atom is -0.339 e. The fourth-order valence-electron chi connectivity index (χ4n) is 3.26. The van der Waals surface area contributed by atoms with Gasteiger partial charge in [0.15, 0.2) is 5.82 Å². The van der Waals surface area contributed by atoms with Crippen molar-refractivity contribution < 1.29 is 4.52 Å². The zero-order valence-electron chi connectivity index (χ0n) is 12.2. The van der Waals surface area contributed by atoms with E-state index in [0.29, 0.717) is 5.92 Å². The van der Waals surface area contributed by atoms with Crippen LogP contribution in [0.1, 0.15) is 41.4 Å². The summed E-state index contributed by atoms with van der Waals surface area (Å²) in [5.41, 5.74) is 2.53. The molecular weight excluding hydrogens is 268 g/mol. The van der Waals surface area contributed by atoms with Gasteiger partial charge >= 0.3 is 0 Å². The largest absolute Gasteiger partial charge is 0.339 e. The van der Waals surface area contributed by atoms with E-state index in [-0.39, 0.29) is 6.04 Å². The lowest BCUT2D eigenvalue weighted by Crippen LogP contribution is -2.44. The van der Waals surface area contributed by atoms with Gasteiger partial charge in [0.1, 0.15) is 0 Å².